The number of pyridine rings is 1. The van der Waals surface area contributed by atoms with Gasteiger partial charge < -0.3 is 5.32 Å². The molecular weight excluding hydrogens is 188 g/mol. The maximum atomic E-state index is 11.8. The van der Waals surface area contributed by atoms with Crippen LogP contribution in [0.5, 0.6) is 0 Å². The number of carbonyl (C=O) groups is 1. The highest BCUT2D eigenvalue weighted by atomic mass is 16.1. The van der Waals surface area contributed by atoms with Crippen molar-refractivity contribution in [2.75, 3.05) is 0 Å². The van der Waals surface area contributed by atoms with Crippen molar-refractivity contribution in [3.05, 3.63) is 29.6 Å². The standard InChI is InChI=1S/C12H16N2O/c1-9-5-4-8-13-11(9)12(15)14-10-6-2-3-7-10/h4-5,8,10H,2-3,6-7H2,1H3,(H,14,15). The Hall–Kier alpha value is -1.38. The highest BCUT2D eigenvalue weighted by Gasteiger charge is 2.19. The lowest BCUT2D eigenvalue weighted by molar-refractivity contribution is 0.0932. The Morgan fingerprint density at radius 2 is 2.20 bits per heavy atom. The zero-order chi connectivity index (χ0) is 10.7. The van der Waals surface area contributed by atoms with Crippen LogP contribution in [-0.4, -0.2) is 16.9 Å². The van der Waals surface area contributed by atoms with E-state index < -0.39 is 0 Å². The van der Waals surface area contributed by atoms with Crippen LogP contribution in [0.1, 0.15) is 41.7 Å². The third kappa shape index (κ3) is 2.35. The molecule has 0 saturated heterocycles. The maximum absolute atomic E-state index is 11.8. The fourth-order valence-electron chi connectivity index (χ4n) is 2.05. The van der Waals surface area contributed by atoms with Crippen molar-refractivity contribution in [2.45, 2.75) is 38.6 Å². The number of nitrogens with one attached hydrogen (secondary N) is 1. The van der Waals surface area contributed by atoms with E-state index in [0.717, 1.165) is 18.4 Å². The van der Waals surface area contributed by atoms with Crippen LogP contribution >= 0.6 is 0 Å². The Labute approximate surface area is 89.9 Å². The lowest BCUT2D eigenvalue weighted by Gasteiger charge is -2.12. The average molecular weight is 204 g/mol. The van der Waals surface area contributed by atoms with E-state index in [-0.39, 0.29) is 5.91 Å². The van der Waals surface area contributed by atoms with Crippen molar-refractivity contribution >= 4 is 5.91 Å². The minimum Gasteiger partial charge on any atom is -0.348 e. The van der Waals surface area contributed by atoms with Crippen molar-refractivity contribution in [3.8, 4) is 0 Å². The smallest absolute Gasteiger partial charge is 0.270 e. The van der Waals surface area contributed by atoms with E-state index in [0.29, 0.717) is 11.7 Å². The number of aromatic nitrogens is 1. The molecule has 1 heterocycles. The van der Waals surface area contributed by atoms with E-state index in [1.165, 1.54) is 12.8 Å². The molecule has 15 heavy (non-hydrogen) atoms. The molecule has 1 aliphatic rings. The van der Waals surface area contributed by atoms with Gasteiger partial charge in [-0.1, -0.05) is 18.9 Å². The molecule has 1 fully saturated rings. The number of amides is 1. The molecule has 2 rings (SSSR count). The number of carbonyl (C=O) groups excluding carboxylic acids is 1. The first kappa shape index (κ1) is 10.1. The monoisotopic (exact) mass is 204 g/mol. The summed E-state index contributed by atoms with van der Waals surface area (Å²) in [6.45, 7) is 1.91. The van der Waals surface area contributed by atoms with Crippen LogP contribution in [0.4, 0.5) is 0 Å². The van der Waals surface area contributed by atoms with Gasteiger partial charge in [-0.3, -0.25) is 9.78 Å². The molecule has 0 atom stereocenters. The number of hydrogen-bond donors (Lipinski definition) is 1. The molecule has 1 saturated carbocycles. The fraction of sp³-hybridized carbons (Fsp3) is 0.500. The zero-order valence-corrected chi connectivity index (χ0v) is 8.99. The predicted molar refractivity (Wildman–Crippen MR) is 58.7 cm³/mol. The average Bonchev–Trinajstić information content (AvgIpc) is 2.71. The molecule has 3 heteroatoms. The van der Waals surface area contributed by atoms with Gasteiger partial charge in [-0.2, -0.15) is 0 Å². The summed E-state index contributed by atoms with van der Waals surface area (Å²) >= 11 is 0. The van der Waals surface area contributed by atoms with E-state index in [4.69, 9.17) is 0 Å². The fourth-order valence-corrected chi connectivity index (χ4v) is 2.05. The molecule has 0 radical (unpaired) electrons. The predicted octanol–water partition coefficient (Wildman–Crippen LogP) is 2.06. The molecule has 0 spiro atoms. The molecule has 3 nitrogen and oxygen atoms in total. The number of hydrogen-bond acceptors (Lipinski definition) is 2. The Kier molecular flexibility index (Phi) is 2.99. The maximum Gasteiger partial charge on any atom is 0.270 e. The van der Waals surface area contributed by atoms with Crippen LogP contribution < -0.4 is 5.32 Å². The Morgan fingerprint density at radius 3 is 2.87 bits per heavy atom. The van der Waals surface area contributed by atoms with Crippen LogP contribution in [0, 0.1) is 6.92 Å². The van der Waals surface area contributed by atoms with Gasteiger partial charge in [0.25, 0.3) is 5.91 Å². The summed E-state index contributed by atoms with van der Waals surface area (Å²) in [4.78, 5) is 16.0. The van der Waals surface area contributed by atoms with Crippen molar-refractivity contribution in [2.24, 2.45) is 0 Å². The van der Waals surface area contributed by atoms with E-state index in [1.54, 1.807) is 6.20 Å². The van der Waals surface area contributed by atoms with Gasteiger partial charge >= 0.3 is 0 Å². The Balaban J connectivity index is 2.04. The van der Waals surface area contributed by atoms with E-state index in [9.17, 15) is 4.79 Å². The van der Waals surface area contributed by atoms with Gasteiger partial charge in [0.05, 0.1) is 0 Å². The molecule has 80 valence electrons. The van der Waals surface area contributed by atoms with Crippen molar-refractivity contribution in [1.29, 1.82) is 0 Å². The lowest BCUT2D eigenvalue weighted by atomic mass is 10.2. The third-order valence-electron chi connectivity index (χ3n) is 2.91. The van der Waals surface area contributed by atoms with Gasteiger partial charge in [0.2, 0.25) is 0 Å². The van der Waals surface area contributed by atoms with E-state index in [2.05, 4.69) is 10.3 Å². The van der Waals surface area contributed by atoms with Crippen molar-refractivity contribution in [1.82, 2.24) is 10.3 Å². The first-order valence-corrected chi connectivity index (χ1v) is 5.50. The quantitative estimate of drug-likeness (QED) is 0.801. The second kappa shape index (κ2) is 4.43. The molecular formula is C12H16N2O. The summed E-state index contributed by atoms with van der Waals surface area (Å²) in [5.41, 5.74) is 1.50. The molecule has 1 N–H and O–H groups in total. The van der Waals surface area contributed by atoms with Gasteiger partial charge in [-0.15, -0.1) is 0 Å². The topological polar surface area (TPSA) is 42.0 Å². The number of aryl methyl sites for hydroxylation is 1. The first-order valence-electron chi connectivity index (χ1n) is 5.50. The van der Waals surface area contributed by atoms with E-state index in [1.807, 2.05) is 19.1 Å². The largest absolute Gasteiger partial charge is 0.348 e. The Bertz CT molecular complexity index is 356. The number of rotatable bonds is 2. The van der Waals surface area contributed by atoms with Crippen LogP contribution in [0.2, 0.25) is 0 Å². The van der Waals surface area contributed by atoms with Crippen molar-refractivity contribution < 1.29 is 4.79 Å². The summed E-state index contributed by atoms with van der Waals surface area (Å²) in [7, 11) is 0. The molecule has 1 aliphatic carbocycles. The normalized spacial score (nSPS) is 16.6. The zero-order valence-electron chi connectivity index (χ0n) is 8.99. The summed E-state index contributed by atoms with van der Waals surface area (Å²) < 4.78 is 0. The van der Waals surface area contributed by atoms with Gasteiger partial charge in [0.15, 0.2) is 0 Å². The second-order valence-corrected chi connectivity index (χ2v) is 4.12. The minimum atomic E-state index is -0.0278. The molecule has 1 amide bonds. The molecule has 1 aromatic heterocycles. The van der Waals surface area contributed by atoms with Crippen molar-refractivity contribution in [3.63, 3.8) is 0 Å². The molecule has 0 bridgehead atoms. The van der Waals surface area contributed by atoms with Crippen LogP contribution in [0.15, 0.2) is 18.3 Å². The summed E-state index contributed by atoms with van der Waals surface area (Å²) in [5.74, 6) is -0.0278. The SMILES string of the molecule is Cc1cccnc1C(=O)NC1CCCC1. The minimum absolute atomic E-state index is 0.0278. The summed E-state index contributed by atoms with van der Waals surface area (Å²) in [5, 5.41) is 3.03. The molecule has 0 aliphatic heterocycles. The molecule has 0 unspecified atom stereocenters. The van der Waals surface area contributed by atoms with Gasteiger partial charge in [0, 0.05) is 12.2 Å². The van der Waals surface area contributed by atoms with Gasteiger partial charge in [-0.05, 0) is 31.4 Å². The third-order valence-corrected chi connectivity index (χ3v) is 2.91. The first-order chi connectivity index (χ1) is 7.27. The Morgan fingerprint density at radius 1 is 1.47 bits per heavy atom. The lowest BCUT2D eigenvalue weighted by Crippen LogP contribution is -2.33. The summed E-state index contributed by atoms with van der Waals surface area (Å²) in [6, 6.07) is 4.12. The molecule has 1 aromatic rings. The van der Waals surface area contributed by atoms with Gasteiger partial charge in [0.1, 0.15) is 5.69 Å². The van der Waals surface area contributed by atoms with Crippen LogP contribution in [-0.2, 0) is 0 Å². The highest BCUT2D eigenvalue weighted by Crippen LogP contribution is 2.18. The summed E-state index contributed by atoms with van der Waals surface area (Å²) in [6.07, 6.45) is 6.34. The van der Waals surface area contributed by atoms with E-state index >= 15 is 0 Å². The highest BCUT2D eigenvalue weighted by molar-refractivity contribution is 5.93. The molecule has 0 aromatic carbocycles. The second-order valence-electron chi connectivity index (χ2n) is 4.12. The van der Waals surface area contributed by atoms with Gasteiger partial charge in [-0.25, -0.2) is 0 Å². The van der Waals surface area contributed by atoms with Crippen LogP contribution in [0.25, 0.3) is 0 Å². The number of nitrogens with zero attached hydrogens (tertiary/aromatic N) is 1. The van der Waals surface area contributed by atoms with Crippen LogP contribution in [0.3, 0.4) is 0 Å².